The Kier molecular flexibility index (Phi) is 0.573. The van der Waals surface area contributed by atoms with E-state index in [4.69, 9.17) is 0 Å². The van der Waals surface area contributed by atoms with Crippen LogP contribution in [0.25, 0.3) is 0 Å². The third kappa shape index (κ3) is 0.344. The topological polar surface area (TPSA) is 21.9 Å². The molecular formula is C5H8IN. The Morgan fingerprint density at radius 1 is 1.86 bits per heavy atom. The first-order chi connectivity index (χ1) is 3.22. The van der Waals surface area contributed by atoms with Crippen LogP contribution in [0, 0.1) is 0 Å². The predicted octanol–water partition coefficient (Wildman–Crippen LogP) is 1.27. The number of fused-ring (bicyclic) bond motifs is 1. The minimum Gasteiger partial charge on any atom is -0.293 e. The van der Waals surface area contributed by atoms with Crippen LogP contribution >= 0.6 is 22.6 Å². The van der Waals surface area contributed by atoms with Crippen LogP contribution in [0.15, 0.2) is 0 Å². The average Bonchev–Trinajstić information content (AvgIpc) is 2.24. The zero-order valence-electron chi connectivity index (χ0n) is 4.29. The van der Waals surface area contributed by atoms with Gasteiger partial charge in [0.1, 0.15) is 0 Å². The minimum absolute atomic E-state index is 0.583. The zero-order chi connectivity index (χ0) is 5.12. The monoisotopic (exact) mass is 209 g/mol. The molecule has 0 bridgehead atoms. The van der Waals surface area contributed by atoms with Crippen LogP contribution in [0.2, 0.25) is 0 Å². The van der Waals surface area contributed by atoms with E-state index in [0.717, 1.165) is 0 Å². The molecular weight excluding hydrogens is 201 g/mol. The van der Waals surface area contributed by atoms with Crippen molar-refractivity contribution in [3.05, 3.63) is 0 Å². The number of alkyl halides is 1. The van der Waals surface area contributed by atoms with Crippen molar-refractivity contribution in [2.45, 2.75) is 28.8 Å². The molecule has 1 N–H and O–H groups in total. The number of rotatable bonds is 1. The number of nitrogens with one attached hydrogen (secondary N) is 1. The number of halogens is 1. The first-order valence-corrected chi connectivity index (χ1v) is 3.79. The summed E-state index contributed by atoms with van der Waals surface area (Å²) in [7, 11) is 0. The molecule has 1 saturated heterocycles. The van der Waals surface area contributed by atoms with Crippen molar-refractivity contribution in [3.8, 4) is 0 Å². The van der Waals surface area contributed by atoms with Gasteiger partial charge in [-0.2, -0.15) is 0 Å². The van der Waals surface area contributed by atoms with Gasteiger partial charge in [-0.05, 0) is 12.8 Å². The molecule has 0 aromatic carbocycles. The fourth-order valence-electron chi connectivity index (χ4n) is 1.19. The van der Waals surface area contributed by atoms with Crippen molar-refractivity contribution in [3.63, 3.8) is 0 Å². The van der Waals surface area contributed by atoms with E-state index in [2.05, 4.69) is 34.8 Å². The van der Waals surface area contributed by atoms with E-state index in [1.54, 1.807) is 0 Å². The number of hydrogen-bond donors (Lipinski definition) is 1. The summed E-state index contributed by atoms with van der Waals surface area (Å²) in [4.78, 5) is 0. The van der Waals surface area contributed by atoms with E-state index in [1.165, 1.54) is 12.8 Å². The predicted molar refractivity (Wildman–Crippen MR) is 37.5 cm³/mol. The Morgan fingerprint density at radius 3 is 2.29 bits per heavy atom. The van der Waals surface area contributed by atoms with E-state index < -0.39 is 0 Å². The summed E-state index contributed by atoms with van der Waals surface area (Å²) in [5.74, 6) is 0. The normalized spacial score (nSPS) is 64.3. The Labute approximate surface area is 57.0 Å². The first kappa shape index (κ1) is 4.56. The van der Waals surface area contributed by atoms with Gasteiger partial charge in [-0.3, -0.25) is 5.32 Å². The highest BCUT2D eigenvalue weighted by atomic mass is 127. The first-order valence-electron chi connectivity index (χ1n) is 2.71. The van der Waals surface area contributed by atoms with Gasteiger partial charge < -0.3 is 0 Å². The van der Waals surface area contributed by atoms with Gasteiger partial charge in [-0.15, -0.1) is 0 Å². The maximum absolute atomic E-state index is 3.42. The fraction of sp³-hybridized carbons (Fsp3) is 1.00. The van der Waals surface area contributed by atoms with Crippen molar-refractivity contribution in [1.29, 1.82) is 0 Å². The summed E-state index contributed by atoms with van der Waals surface area (Å²) in [6.07, 6.45) is 2.73. The van der Waals surface area contributed by atoms with Crippen molar-refractivity contribution in [2.75, 3.05) is 0 Å². The molecule has 2 rings (SSSR count). The molecule has 2 atom stereocenters. The lowest BCUT2D eigenvalue weighted by molar-refractivity contribution is 0.676. The van der Waals surface area contributed by atoms with Gasteiger partial charge in [-0.1, -0.05) is 29.5 Å². The molecule has 1 aliphatic carbocycles. The Hall–Kier alpha value is 0.690. The summed E-state index contributed by atoms with van der Waals surface area (Å²) in [6, 6.07) is 0. The van der Waals surface area contributed by atoms with E-state index in [-0.39, 0.29) is 0 Å². The lowest BCUT2D eigenvalue weighted by atomic mass is 10.3. The van der Waals surface area contributed by atoms with Gasteiger partial charge in [0.2, 0.25) is 0 Å². The lowest BCUT2D eigenvalue weighted by Gasteiger charge is -1.91. The second-order valence-electron chi connectivity index (χ2n) is 2.54. The molecule has 1 nitrogen and oxygen atoms in total. The maximum atomic E-state index is 3.42. The lowest BCUT2D eigenvalue weighted by Crippen LogP contribution is -2.07. The van der Waals surface area contributed by atoms with Gasteiger partial charge in [0.15, 0.2) is 0 Å². The van der Waals surface area contributed by atoms with E-state index in [0.29, 0.717) is 9.08 Å². The van der Waals surface area contributed by atoms with Gasteiger partial charge in [0, 0.05) is 5.54 Å². The standard InChI is InChI=1S/C5H8IN/c1-2-4-3-5(4,6)7-4/h7H,2-3H2,1H3. The van der Waals surface area contributed by atoms with Crippen LogP contribution in [0.1, 0.15) is 19.8 Å². The molecule has 1 aliphatic heterocycles. The third-order valence-electron chi connectivity index (χ3n) is 2.16. The van der Waals surface area contributed by atoms with Crippen LogP contribution in [0.3, 0.4) is 0 Å². The molecule has 2 heteroatoms. The smallest absolute Gasteiger partial charge is 0.0914 e. The van der Waals surface area contributed by atoms with E-state index in [9.17, 15) is 0 Å². The van der Waals surface area contributed by atoms with E-state index >= 15 is 0 Å². The van der Waals surface area contributed by atoms with Crippen LogP contribution in [0.5, 0.6) is 0 Å². The quantitative estimate of drug-likeness (QED) is 0.298. The second kappa shape index (κ2) is 0.880. The summed E-state index contributed by atoms with van der Waals surface area (Å²) in [5, 5.41) is 3.42. The minimum atomic E-state index is 0.583. The van der Waals surface area contributed by atoms with Crippen molar-refractivity contribution in [1.82, 2.24) is 5.32 Å². The third-order valence-corrected chi connectivity index (χ3v) is 3.84. The summed E-state index contributed by atoms with van der Waals surface area (Å²) in [5.41, 5.74) is 0.633. The molecule has 1 saturated carbocycles. The molecule has 40 valence electrons. The SMILES string of the molecule is CCC12CC1(I)N2. The summed E-state index contributed by atoms with van der Waals surface area (Å²) >= 11 is 2.50. The van der Waals surface area contributed by atoms with Crippen LogP contribution in [0.4, 0.5) is 0 Å². The molecule has 0 radical (unpaired) electrons. The molecule has 0 amide bonds. The zero-order valence-corrected chi connectivity index (χ0v) is 6.45. The highest BCUT2D eigenvalue weighted by Gasteiger charge is 2.81. The summed E-state index contributed by atoms with van der Waals surface area (Å²) < 4.78 is 0.583. The van der Waals surface area contributed by atoms with Gasteiger partial charge in [-0.25, -0.2) is 0 Å². The van der Waals surface area contributed by atoms with Gasteiger partial charge >= 0.3 is 0 Å². The molecule has 0 aromatic heterocycles. The van der Waals surface area contributed by atoms with Crippen LogP contribution in [-0.2, 0) is 0 Å². The molecule has 7 heavy (non-hydrogen) atoms. The molecule has 0 aromatic rings. The fourth-order valence-corrected chi connectivity index (χ4v) is 2.74. The second-order valence-corrected chi connectivity index (χ2v) is 4.38. The molecule has 1 heterocycles. The van der Waals surface area contributed by atoms with Crippen LogP contribution < -0.4 is 5.32 Å². The highest BCUT2D eigenvalue weighted by molar-refractivity contribution is 14.1. The Bertz CT molecular complexity index is 110. The Balaban J connectivity index is 2.14. The summed E-state index contributed by atoms with van der Waals surface area (Å²) in [6.45, 7) is 2.25. The largest absolute Gasteiger partial charge is 0.293 e. The van der Waals surface area contributed by atoms with Gasteiger partial charge in [0.05, 0.1) is 3.55 Å². The molecule has 2 aliphatic rings. The Morgan fingerprint density at radius 2 is 2.29 bits per heavy atom. The molecule has 2 fully saturated rings. The molecule has 0 spiro atoms. The average molecular weight is 209 g/mol. The van der Waals surface area contributed by atoms with Crippen molar-refractivity contribution in [2.24, 2.45) is 0 Å². The van der Waals surface area contributed by atoms with Gasteiger partial charge in [0.25, 0.3) is 0 Å². The number of hydrogen-bond acceptors (Lipinski definition) is 1. The van der Waals surface area contributed by atoms with Crippen molar-refractivity contribution < 1.29 is 0 Å². The van der Waals surface area contributed by atoms with Crippen LogP contribution in [-0.4, -0.2) is 9.08 Å². The van der Waals surface area contributed by atoms with E-state index in [1.807, 2.05) is 0 Å². The van der Waals surface area contributed by atoms with Crippen molar-refractivity contribution >= 4 is 22.6 Å². The maximum Gasteiger partial charge on any atom is 0.0914 e. The molecule has 2 unspecified atom stereocenters. The highest BCUT2D eigenvalue weighted by Crippen LogP contribution is 2.69.